The number of aromatic nitrogens is 5. The first-order valence-corrected chi connectivity index (χ1v) is 11.2. The number of piperazine rings is 1. The summed E-state index contributed by atoms with van der Waals surface area (Å²) in [6.07, 6.45) is 6.88. The normalized spacial score (nSPS) is 21.0. The van der Waals surface area contributed by atoms with E-state index < -0.39 is 0 Å². The van der Waals surface area contributed by atoms with Gasteiger partial charge in [0.2, 0.25) is 0 Å². The van der Waals surface area contributed by atoms with E-state index in [-0.39, 0.29) is 0 Å². The highest BCUT2D eigenvalue weighted by molar-refractivity contribution is 7.18. The number of rotatable bonds is 5. The smallest absolute Gasteiger partial charge is 0.147 e. The van der Waals surface area contributed by atoms with Crippen molar-refractivity contribution in [2.45, 2.75) is 51.1 Å². The van der Waals surface area contributed by atoms with Crippen molar-refractivity contribution < 1.29 is 0 Å². The highest BCUT2D eigenvalue weighted by Gasteiger charge is 2.36. The van der Waals surface area contributed by atoms with Gasteiger partial charge in [-0.2, -0.15) is 0 Å². The lowest BCUT2D eigenvalue weighted by Crippen LogP contribution is -2.46. The molecular weight excluding hydrogens is 370 g/mol. The maximum Gasteiger partial charge on any atom is 0.147 e. The van der Waals surface area contributed by atoms with Gasteiger partial charge in [0.15, 0.2) is 0 Å². The summed E-state index contributed by atoms with van der Waals surface area (Å²) in [5.41, 5.74) is 0. The van der Waals surface area contributed by atoms with Crippen molar-refractivity contribution >= 4 is 27.4 Å². The van der Waals surface area contributed by atoms with E-state index in [4.69, 9.17) is 0 Å². The maximum atomic E-state index is 4.60. The molecule has 7 nitrogen and oxygen atoms in total. The van der Waals surface area contributed by atoms with Crippen LogP contribution in [0.1, 0.15) is 54.2 Å². The molecule has 146 valence electrons. The van der Waals surface area contributed by atoms with Gasteiger partial charge in [-0.3, -0.25) is 4.90 Å². The van der Waals surface area contributed by atoms with Crippen LogP contribution in [0.5, 0.6) is 0 Å². The molecule has 0 radical (unpaired) electrons. The average molecular weight is 396 g/mol. The predicted octanol–water partition coefficient (Wildman–Crippen LogP) is 3.13. The monoisotopic (exact) mass is 395 g/mol. The summed E-state index contributed by atoms with van der Waals surface area (Å²) in [6, 6.07) is 2.89. The zero-order valence-electron chi connectivity index (χ0n) is 16.2. The van der Waals surface area contributed by atoms with E-state index in [9.17, 15) is 0 Å². The van der Waals surface area contributed by atoms with Gasteiger partial charge in [0.05, 0.1) is 11.9 Å². The molecule has 3 aromatic heterocycles. The second-order valence-electron chi connectivity index (χ2n) is 8.39. The van der Waals surface area contributed by atoms with Gasteiger partial charge in [0.1, 0.15) is 28.6 Å². The fourth-order valence-corrected chi connectivity index (χ4v) is 5.17. The number of nitrogens with zero attached hydrogens (tertiary/aromatic N) is 7. The summed E-state index contributed by atoms with van der Waals surface area (Å²) < 4.78 is 2.48. The topological polar surface area (TPSA) is 63.0 Å². The van der Waals surface area contributed by atoms with E-state index in [1.807, 2.05) is 0 Å². The molecule has 1 saturated heterocycles. The first kappa shape index (κ1) is 16.9. The Morgan fingerprint density at radius 3 is 2.61 bits per heavy atom. The summed E-state index contributed by atoms with van der Waals surface area (Å²) in [5, 5.41) is 10.4. The van der Waals surface area contributed by atoms with Crippen LogP contribution in [0.15, 0.2) is 12.4 Å². The van der Waals surface area contributed by atoms with Crippen molar-refractivity contribution in [3.05, 3.63) is 28.9 Å². The molecule has 0 bridgehead atoms. The van der Waals surface area contributed by atoms with E-state index >= 15 is 0 Å². The van der Waals surface area contributed by atoms with Gasteiger partial charge >= 0.3 is 0 Å². The van der Waals surface area contributed by atoms with Crippen LogP contribution in [-0.4, -0.2) is 55.8 Å². The minimum Gasteiger partial charge on any atom is -0.353 e. The van der Waals surface area contributed by atoms with E-state index in [1.54, 1.807) is 17.7 Å². The van der Waals surface area contributed by atoms with Crippen LogP contribution in [0.4, 0.5) is 5.82 Å². The minimum absolute atomic E-state index is 0.665. The molecule has 28 heavy (non-hydrogen) atoms. The van der Waals surface area contributed by atoms with Gasteiger partial charge in [-0.1, -0.05) is 0 Å². The summed E-state index contributed by atoms with van der Waals surface area (Å²) in [4.78, 5) is 16.4. The molecule has 0 amide bonds. The third-order valence-electron chi connectivity index (χ3n) is 6.12. The fourth-order valence-electron chi connectivity index (χ4n) is 4.33. The number of anilines is 1. The van der Waals surface area contributed by atoms with Crippen molar-refractivity contribution in [1.82, 2.24) is 29.6 Å². The van der Waals surface area contributed by atoms with Crippen LogP contribution in [-0.2, 0) is 6.54 Å². The number of hydrogen-bond acceptors (Lipinski definition) is 7. The molecule has 3 aliphatic rings. The van der Waals surface area contributed by atoms with Gasteiger partial charge in [-0.15, -0.1) is 21.5 Å². The maximum absolute atomic E-state index is 4.60. The molecule has 1 aliphatic heterocycles. The van der Waals surface area contributed by atoms with Crippen molar-refractivity contribution in [1.29, 1.82) is 0 Å². The van der Waals surface area contributed by atoms with Crippen molar-refractivity contribution in [3.63, 3.8) is 0 Å². The Kier molecular flexibility index (Phi) is 3.91. The summed E-state index contributed by atoms with van der Waals surface area (Å²) in [7, 11) is 0. The molecule has 2 saturated carbocycles. The van der Waals surface area contributed by atoms with Gasteiger partial charge in [0.25, 0.3) is 0 Å². The lowest BCUT2D eigenvalue weighted by molar-refractivity contribution is 0.240. The van der Waals surface area contributed by atoms with Crippen LogP contribution < -0.4 is 4.90 Å². The Balaban J connectivity index is 1.17. The van der Waals surface area contributed by atoms with Crippen LogP contribution in [0, 0.1) is 6.92 Å². The third-order valence-corrected chi connectivity index (χ3v) is 7.07. The van der Waals surface area contributed by atoms with E-state index in [2.05, 4.69) is 47.5 Å². The Labute approximate surface area is 168 Å². The van der Waals surface area contributed by atoms with E-state index in [1.165, 1.54) is 47.6 Å². The van der Waals surface area contributed by atoms with Crippen LogP contribution in [0.2, 0.25) is 0 Å². The molecule has 4 heterocycles. The summed E-state index contributed by atoms with van der Waals surface area (Å²) in [6.45, 7) is 7.11. The number of fused-ring (bicyclic) bond motifs is 1. The number of aryl methyl sites for hydroxylation is 1. The van der Waals surface area contributed by atoms with E-state index in [0.29, 0.717) is 12.0 Å². The molecule has 3 fully saturated rings. The second-order valence-corrected chi connectivity index (χ2v) is 9.62. The van der Waals surface area contributed by atoms with Crippen molar-refractivity contribution in [2.75, 3.05) is 31.1 Å². The largest absolute Gasteiger partial charge is 0.353 e. The molecule has 0 atom stereocenters. The van der Waals surface area contributed by atoms with Crippen molar-refractivity contribution in [2.24, 2.45) is 0 Å². The fraction of sp³-hybridized carbons (Fsp3) is 0.600. The number of thiophene rings is 1. The zero-order valence-corrected chi connectivity index (χ0v) is 17.0. The zero-order chi connectivity index (χ0) is 18.7. The first-order valence-electron chi connectivity index (χ1n) is 10.4. The van der Waals surface area contributed by atoms with E-state index in [0.717, 1.165) is 43.4 Å². The molecule has 2 aliphatic carbocycles. The molecule has 6 rings (SSSR count). The van der Waals surface area contributed by atoms with Gasteiger partial charge in [0, 0.05) is 43.0 Å². The van der Waals surface area contributed by atoms with Crippen LogP contribution in [0.25, 0.3) is 10.2 Å². The minimum atomic E-state index is 0.665. The molecule has 0 unspecified atom stereocenters. The Morgan fingerprint density at radius 1 is 1.04 bits per heavy atom. The van der Waals surface area contributed by atoms with Crippen LogP contribution >= 0.6 is 11.3 Å². The lowest BCUT2D eigenvalue weighted by Gasteiger charge is -2.35. The Morgan fingerprint density at radius 2 is 1.86 bits per heavy atom. The molecule has 3 aromatic rings. The third kappa shape index (κ3) is 2.99. The van der Waals surface area contributed by atoms with Gasteiger partial charge < -0.3 is 9.47 Å². The molecule has 0 aromatic carbocycles. The standard InChI is InChI=1S/C20H25N7S/c1-13-10-16-19(21-12-22-20(16)28-13)26-8-6-25(7-9-26)11-17-23-24-18(14-2-3-14)27(17)15-4-5-15/h10,12,14-15H,2-9,11H2,1H3. The quantitative estimate of drug-likeness (QED) is 0.661. The van der Waals surface area contributed by atoms with Gasteiger partial charge in [-0.25, -0.2) is 9.97 Å². The second kappa shape index (κ2) is 6.49. The highest BCUT2D eigenvalue weighted by Crippen LogP contribution is 2.44. The highest BCUT2D eigenvalue weighted by atomic mass is 32.1. The first-order chi connectivity index (χ1) is 13.8. The molecule has 8 heteroatoms. The summed E-state index contributed by atoms with van der Waals surface area (Å²) in [5.74, 6) is 4.20. The predicted molar refractivity (Wildman–Crippen MR) is 110 cm³/mol. The molecule has 0 spiro atoms. The number of hydrogen-bond donors (Lipinski definition) is 0. The Bertz CT molecular complexity index is 1010. The molecule has 0 N–H and O–H groups in total. The summed E-state index contributed by atoms with van der Waals surface area (Å²) >= 11 is 1.75. The Hall–Kier alpha value is -2.06. The van der Waals surface area contributed by atoms with Gasteiger partial charge in [-0.05, 0) is 38.7 Å². The van der Waals surface area contributed by atoms with Crippen LogP contribution in [0.3, 0.4) is 0 Å². The average Bonchev–Trinajstić information content (AvgIpc) is 3.63. The SMILES string of the molecule is Cc1cc2c(N3CCN(Cc4nnc(C5CC5)n4C4CC4)CC3)ncnc2s1. The lowest BCUT2D eigenvalue weighted by atomic mass is 10.2. The van der Waals surface area contributed by atoms with Crippen molar-refractivity contribution in [3.8, 4) is 0 Å². The molecular formula is C20H25N7S.